The third kappa shape index (κ3) is 3.62. The summed E-state index contributed by atoms with van der Waals surface area (Å²) in [4.78, 5) is 21.5. The number of carbonyl (C=O) groups is 1. The predicted octanol–water partition coefficient (Wildman–Crippen LogP) is 2.58. The van der Waals surface area contributed by atoms with Crippen LogP contribution in [0.3, 0.4) is 0 Å². The highest BCUT2D eigenvalue weighted by molar-refractivity contribution is 6.30. The minimum atomic E-state index is -0.930. The van der Waals surface area contributed by atoms with Crippen LogP contribution in [0.15, 0.2) is 29.4 Å². The van der Waals surface area contributed by atoms with Gasteiger partial charge in [0.1, 0.15) is 0 Å². The Balaban J connectivity index is 2.52. The molecule has 1 aromatic rings. The van der Waals surface area contributed by atoms with E-state index in [0.29, 0.717) is 17.9 Å². The third-order valence-electron chi connectivity index (χ3n) is 2.22. The van der Waals surface area contributed by atoms with Gasteiger partial charge in [-0.25, -0.2) is 4.79 Å². The van der Waals surface area contributed by atoms with Crippen molar-refractivity contribution in [1.29, 1.82) is 0 Å². The first-order valence-corrected chi connectivity index (χ1v) is 5.20. The van der Waals surface area contributed by atoms with Crippen molar-refractivity contribution in [3.63, 3.8) is 0 Å². The first-order valence-electron chi connectivity index (χ1n) is 4.82. The maximum Gasteiger partial charge on any atom is 0.334 e. The summed E-state index contributed by atoms with van der Waals surface area (Å²) < 4.78 is 4.46. The number of nitroso groups, excluding NO2 is 1. The standard InChI is InChI=1S/C11H12ClNO3/c1-16-11(14)10(13-15)7-4-8-2-5-9(12)6-3-8/h2-3,5-6,10H,4,7H2,1H3. The zero-order chi connectivity index (χ0) is 12.0. The Morgan fingerprint density at radius 3 is 2.56 bits per heavy atom. The number of aryl methyl sites for hydroxylation is 1. The van der Waals surface area contributed by atoms with Crippen molar-refractivity contribution >= 4 is 17.6 Å². The van der Waals surface area contributed by atoms with Gasteiger partial charge >= 0.3 is 5.97 Å². The molecule has 86 valence electrons. The van der Waals surface area contributed by atoms with Crippen molar-refractivity contribution < 1.29 is 9.53 Å². The molecule has 5 heteroatoms. The SMILES string of the molecule is COC(=O)C(CCc1ccc(Cl)cc1)N=O. The second-order valence-corrected chi connectivity index (χ2v) is 3.75. The number of hydrogen-bond acceptors (Lipinski definition) is 4. The van der Waals surface area contributed by atoms with Gasteiger partial charge in [-0.15, -0.1) is 4.91 Å². The molecule has 0 aromatic heterocycles. The molecule has 1 atom stereocenters. The number of rotatable bonds is 5. The normalized spacial score (nSPS) is 11.9. The molecular formula is C11H12ClNO3. The van der Waals surface area contributed by atoms with Crippen LogP contribution >= 0.6 is 11.6 Å². The van der Waals surface area contributed by atoms with Crippen LogP contribution in [0, 0.1) is 4.91 Å². The number of methoxy groups -OCH3 is 1. The fraction of sp³-hybridized carbons (Fsp3) is 0.364. The van der Waals surface area contributed by atoms with E-state index in [9.17, 15) is 9.70 Å². The van der Waals surface area contributed by atoms with Crippen LogP contribution in [-0.2, 0) is 16.0 Å². The van der Waals surface area contributed by atoms with Gasteiger partial charge in [0.15, 0.2) is 6.04 Å². The molecule has 4 nitrogen and oxygen atoms in total. The van der Waals surface area contributed by atoms with Crippen molar-refractivity contribution in [3.05, 3.63) is 39.8 Å². The Morgan fingerprint density at radius 2 is 2.06 bits per heavy atom. The van der Waals surface area contributed by atoms with Gasteiger partial charge in [0.2, 0.25) is 0 Å². The molecule has 0 saturated carbocycles. The second kappa shape index (κ2) is 6.23. The molecule has 0 heterocycles. The zero-order valence-electron chi connectivity index (χ0n) is 8.85. The molecule has 0 spiro atoms. The molecule has 0 N–H and O–H groups in total. The summed E-state index contributed by atoms with van der Waals surface area (Å²) in [6.07, 6.45) is 0.931. The lowest BCUT2D eigenvalue weighted by Gasteiger charge is -2.06. The van der Waals surface area contributed by atoms with Crippen molar-refractivity contribution in [2.45, 2.75) is 18.9 Å². The Kier molecular flexibility index (Phi) is 4.92. The number of carbonyl (C=O) groups excluding carboxylic acids is 1. The number of benzene rings is 1. The average molecular weight is 242 g/mol. The first kappa shape index (κ1) is 12.6. The monoisotopic (exact) mass is 241 g/mol. The van der Waals surface area contributed by atoms with Crippen molar-refractivity contribution in [3.8, 4) is 0 Å². The molecule has 0 fully saturated rings. The Morgan fingerprint density at radius 1 is 1.44 bits per heavy atom. The van der Waals surface area contributed by atoms with E-state index < -0.39 is 12.0 Å². The number of nitrogens with zero attached hydrogens (tertiary/aromatic N) is 1. The molecule has 0 aliphatic rings. The van der Waals surface area contributed by atoms with Crippen LogP contribution in [0.25, 0.3) is 0 Å². The van der Waals surface area contributed by atoms with E-state index in [1.54, 1.807) is 12.1 Å². The van der Waals surface area contributed by atoms with Crippen LogP contribution in [0.2, 0.25) is 5.02 Å². The lowest BCUT2D eigenvalue weighted by Crippen LogP contribution is -2.20. The quantitative estimate of drug-likeness (QED) is 0.588. The van der Waals surface area contributed by atoms with E-state index in [4.69, 9.17) is 11.6 Å². The molecule has 1 aromatic carbocycles. The third-order valence-corrected chi connectivity index (χ3v) is 2.47. The molecule has 16 heavy (non-hydrogen) atoms. The zero-order valence-corrected chi connectivity index (χ0v) is 9.61. The van der Waals surface area contributed by atoms with Crippen LogP contribution in [0.4, 0.5) is 0 Å². The van der Waals surface area contributed by atoms with E-state index >= 15 is 0 Å². The van der Waals surface area contributed by atoms with Gasteiger partial charge < -0.3 is 4.74 Å². The summed E-state index contributed by atoms with van der Waals surface area (Å²) in [5.41, 5.74) is 1.00. The van der Waals surface area contributed by atoms with E-state index in [1.165, 1.54) is 7.11 Å². The molecule has 1 unspecified atom stereocenters. The minimum absolute atomic E-state index is 0.345. The van der Waals surface area contributed by atoms with Gasteiger partial charge in [0.05, 0.1) is 7.11 Å². The molecule has 0 saturated heterocycles. The maximum absolute atomic E-state index is 11.1. The topological polar surface area (TPSA) is 55.7 Å². The number of esters is 1. The smallest absolute Gasteiger partial charge is 0.334 e. The van der Waals surface area contributed by atoms with E-state index in [0.717, 1.165) is 5.56 Å². The van der Waals surface area contributed by atoms with Gasteiger partial charge in [0.25, 0.3) is 0 Å². The Hall–Kier alpha value is -1.42. The molecule has 0 amide bonds. The Bertz CT molecular complexity index is 364. The van der Waals surface area contributed by atoms with Gasteiger partial charge in [-0.1, -0.05) is 28.9 Å². The van der Waals surface area contributed by atoms with Gasteiger partial charge in [-0.2, -0.15) is 0 Å². The lowest BCUT2D eigenvalue weighted by molar-refractivity contribution is -0.142. The summed E-state index contributed by atoms with van der Waals surface area (Å²) >= 11 is 5.73. The van der Waals surface area contributed by atoms with Crippen LogP contribution in [0.1, 0.15) is 12.0 Å². The molecule has 0 aliphatic carbocycles. The highest BCUT2D eigenvalue weighted by Gasteiger charge is 2.19. The fourth-order valence-corrected chi connectivity index (χ4v) is 1.43. The van der Waals surface area contributed by atoms with Crippen molar-refractivity contribution in [2.24, 2.45) is 5.18 Å². The van der Waals surface area contributed by atoms with E-state index in [2.05, 4.69) is 9.91 Å². The summed E-state index contributed by atoms with van der Waals surface area (Å²) in [5, 5.41) is 3.40. The first-order chi connectivity index (χ1) is 7.67. The summed E-state index contributed by atoms with van der Waals surface area (Å²) in [6.45, 7) is 0. The molecule has 0 bridgehead atoms. The van der Waals surface area contributed by atoms with Crippen molar-refractivity contribution in [2.75, 3.05) is 7.11 Å². The average Bonchev–Trinajstić information content (AvgIpc) is 2.31. The minimum Gasteiger partial charge on any atom is -0.467 e. The maximum atomic E-state index is 11.1. The number of ether oxygens (including phenoxy) is 1. The van der Waals surface area contributed by atoms with Crippen LogP contribution in [0.5, 0.6) is 0 Å². The summed E-state index contributed by atoms with van der Waals surface area (Å²) in [7, 11) is 1.24. The molecular weight excluding hydrogens is 230 g/mol. The van der Waals surface area contributed by atoms with E-state index in [1.807, 2.05) is 12.1 Å². The second-order valence-electron chi connectivity index (χ2n) is 3.31. The molecule has 0 radical (unpaired) electrons. The number of halogens is 1. The van der Waals surface area contributed by atoms with E-state index in [-0.39, 0.29) is 0 Å². The van der Waals surface area contributed by atoms with Crippen LogP contribution < -0.4 is 0 Å². The summed E-state index contributed by atoms with van der Waals surface area (Å²) in [6, 6.07) is 6.29. The lowest BCUT2D eigenvalue weighted by atomic mass is 10.1. The molecule has 1 rings (SSSR count). The van der Waals surface area contributed by atoms with Gasteiger partial charge in [-0.05, 0) is 30.5 Å². The number of hydrogen-bond donors (Lipinski definition) is 0. The van der Waals surface area contributed by atoms with Gasteiger partial charge in [0, 0.05) is 5.02 Å². The predicted molar refractivity (Wildman–Crippen MR) is 61.4 cm³/mol. The summed E-state index contributed by atoms with van der Waals surface area (Å²) in [5.74, 6) is -0.594. The van der Waals surface area contributed by atoms with Crippen molar-refractivity contribution in [1.82, 2.24) is 0 Å². The Labute approximate surface area is 98.5 Å². The fourth-order valence-electron chi connectivity index (χ4n) is 1.30. The largest absolute Gasteiger partial charge is 0.467 e. The van der Waals surface area contributed by atoms with Crippen LogP contribution in [-0.4, -0.2) is 19.1 Å². The highest BCUT2D eigenvalue weighted by Crippen LogP contribution is 2.13. The van der Waals surface area contributed by atoms with Gasteiger partial charge in [-0.3, -0.25) is 0 Å². The molecule has 0 aliphatic heterocycles. The highest BCUT2D eigenvalue weighted by atomic mass is 35.5.